The van der Waals surface area contributed by atoms with Crippen molar-refractivity contribution in [3.05, 3.63) is 54.1 Å². The second-order valence-corrected chi connectivity index (χ2v) is 7.70. The molecule has 0 aromatic heterocycles. The summed E-state index contributed by atoms with van der Waals surface area (Å²) in [6.45, 7) is 4.14. The zero-order chi connectivity index (χ0) is 16.8. The third-order valence-electron chi connectivity index (χ3n) is 2.83. The Labute approximate surface area is 143 Å². The molecule has 0 atom stereocenters. The first kappa shape index (κ1) is 17.8. The topological polar surface area (TPSA) is 29.1 Å². The molecule has 0 unspecified atom stereocenters. The maximum absolute atomic E-state index is 12.4. The molecule has 2 aromatic rings. The van der Waals surface area contributed by atoms with E-state index >= 15 is 0 Å². The average Bonchev–Trinajstić information content (AvgIpc) is 2.48. The molecule has 23 heavy (non-hydrogen) atoms. The lowest BCUT2D eigenvalue weighted by Crippen LogP contribution is -2.13. The van der Waals surface area contributed by atoms with E-state index in [1.807, 2.05) is 18.2 Å². The fourth-order valence-electron chi connectivity index (χ4n) is 1.93. The SMILES string of the molecule is CC(C)Sc1ccccc1C(=O)Nc1ccc(SC(F)F)cc1. The lowest BCUT2D eigenvalue weighted by Gasteiger charge is -2.11. The molecule has 2 rings (SSSR count). The van der Waals surface area contributed by atoms with E-state index < -0.39 is 5.76 Å². The van der Waals surface area contributed by atoms with Gasteiger partial charge in [-0.2, -0.15) is 8.78 Å². The number of rotatable bonds is 6. The second kappa shape index (κ2) is 8.36. The van der Waals surface area contributed by atoms with Gasteiger partial charge in [0.05, 0.1) is 5.56 Å². The van der Waals surface area contributed by atoms with Gasteiger partial charge in [0.25, 0.3) is 11.7 Å². The van der Waals surface area contributed by atoms with Crippen LogP contribution in [-0.4, -0.2) is 16.9 Å². The number of alkyl halides is 2. The molecule has 0 aliphatic heterocycles. The molecule has 0 saturated heterocycles. The largest absolute Gasteiger partial charge is 0.322 e. The first-order valence-corrected chi connectivity index (χ1v) is 8.83. The molecule has 122 valence electrons. The normalized spacial score (nSPS) is 11.0. The molecular weight excluding hydrogens is 336 g/mol. The molecule has 2 nitrogen and oxygen atoms in total. The Bertz CT molecular complexity index is 660. The van der Waals surface area contributed by atoms with Gasteiger partial charge in [-0.3, -0.25) is 4.79 Å². The molecule has 6 heteroatoms. The van der Waals surface area contributed by atoms with Crippen LogP contribution in [0.5, 0.6) is 0 Å². The number of nitrogens with one attached hydrogen (secondary N) is 1. The highest BCUT2D eigenvalue weighted by molar-refractivity contribution is 8.00. The van der Waals surface area contributed by atoms with Crippen molar-refractivity contribution in [1.82, 2.24) is 0 Å². The van der Waals surface area contributed by atoms with Gasteiger partial charge in [-0.15, -0.1) is 11.8 Å². The van der Waals surface area contributed by atoms with Gasteiger partial charge in [-0.05, 0) is 36.4 Å². The molecule has 0 fully saturated rings. The van der Waals surface area contributed by atoms with Crippen LogP contribution in [0.3, 0.4) is 0 Å². The number of carbonyl (C=O) groups is 1. The number of anilines is 1. The third kappa shape index (κ3) is 5.55. The molecule has 0 aliphatic carbocycles. The van der Waals surface area contributed by atoms with Crippen molar-refractivity contribution in [1.29, 1.82) is 0 Å². The van der Waals surface area contributed by atoms with E-state index in [1.54, 1.807) is 42.1 Å². The summed E-state index contributed by atoms with van der Waals surface area (Å²) < 4.78 is 24.6. The molecule has 1 N–H and O–H groups in total. The highest BCUT2D eigenvalue weighted by Gasteiger charge is 2.13. The Kier molecular flexibility index (Phi) is 6.47. The molecule has 0 heterocycles. The summed E-state index contributed by atoms with van der Waals surface area (Å²) in [7, 11) is 0. The Hall–Kier alpha value is -1.53. The lowest BCUT2D eigenvalue weighted by atomic mass is 10.2. The van der Waals surface area contributed by atoms with Crippen molar-refractivity contribution in [3.63, 3.8) is 0 Å². The number of carbonyl (C=O) groups excluding carboxylic acids is 1. The van der Waals surface area contributed by atoms with Crippen LogP contribution in [0.25, 0.3) is 0 Å². The third-order valence-corrected chi connectivity index (χ3v) is 4.64. The summed E-state index contributed by atoms with van der Waals surface area (Å²) in [4.78, 5) is 13.8. The summed E-state index contributed by atoms with van der Waals surface area (Å²) in [5.41, 5.74) is 1.19. The van der Waals surface area contributed by atoms with Gasteiger partial charge in [0.1, 0.15) is 0 Å². The van der Waals surface area contributed by atoms with E-state index in [2.05, 4.69) is 19.2 Å². The van der Waals surface area contributed by atoms with Crippen LogP contribution in [-0.2, 0) is 0 Å². The number of halogens is 2. The monoisotopic (exact) mass is 353 g/mol. The number of amides is 1. The van der Waals surface area contributed by atoms with Crippen molar-refractivity contribution in [3.8, 4) is 0 Å². The van der Waals surface area contributed by atoms with Crippen LogP contribution >= 0.6 is 23.5 Å². The number of benzene rings is 2. The Morgan fingerprint density at radius 1 is 1.00 bits per heavy atom. The molecule has 0 saturated carbocycles. The molecule has 0 radical (unpaired) electrons. The van der Waals surface area contributed by atoms with Crippen LogP contribution in [0.15, 0.2) is 58.3 Å². The molecule has 0 aliphatic rings. The number of thioether (sulfide) groups is 2. The summed E-state index contributed by atoms with van der Waals surface area (Å²) in [6, 6.07) is 13.8. The predicted molar refractivity (Wildman–Crippen MR) is 93.7 cm³/mol. The summed E-state index contributed by atoms with van der Waals surface area (Å²) in [5, 5.41) is 3.17. The first-order valence-electron chi connectivity index (χ1n) is 7.07. The average molecular weight is 353 g/mol. The smallest absolute Gasteiger partial charge is 0.288 e. The van der Waals surface area contributed by atoms with E-state index in [0.29, 0.717) is 33.2 Å². The molecule has 2 aromatic carbocycles. The first-order chi connectivity index (χ1) is 11.0. The number of hydrogen-bond donors (Lipinski definition) is 1. The molecule has 1 amide bonds. The zero-order valence-electron chi connectivity index (χ0n) is 12.8. The summed E-state index contributed by atoms with van der Waals surface area (Å²) in [5.74, 6) is -2.65. The maximum atomic E-state index is 12.4. The van der Waals surface area contributed by atoms with E-state index in [1.165, 1.54) is 0 Å². The summed E-state index contributed by atoms with van der Waals surface area (Å²) >= 11 is 2.11. The van der Waals surface area contributed by atoms with Crippen LogP contribution in [0.1, 0.15) is 24.2 Å². The quantitative estimate of drug-likeness (QED) is 0.670. The lowest BCUT2D eigenvalue weighted by molar-refractivity contribution is 0.102. The van der Waals surface area contributed by atoms with Gasteiger partial charge in [-0.25, -0.2) is 0 Å². The van der Waals surface area contributed by atoms with E-state index in [9.17, 15) is 13.6 Å². The molecular formula is C17H17F2NOS2. The van der Waals surface area contributed by atoms with Gasteiger partial charge in [0, 0.05) is 20.7 Å². The van der Waals surface area contributed by atoms with Crippen LogP contribution in [0.2, 0.25) is 0 Å². The Morgan fingerprint density at radius 3 is 2.26 bits per heavy atom. The second-order valence-electron chi connectivity index (χ2n) is 5.02. The van der Waals surface area contributed by atoms with Crippen molar-refractivity contribution in [2.75, 3.05) is 5.32 Å². The Balaban J connectivity index is 2.10. The number of hydrogen-bond acceptors (Lipinski definition) is 3. The van der Waals surface area contributed by atoms with Gasteiger partial charge in [0.15, 0.2) is 0 Å². The van der Waals surface area contributed by atoms with Gasteiger partial charge in [0.2, 0.25) is 0 Å². The van der Waals surface area contributed by atoms with Gasteiger partial charge >= 0.3 is 0 Å². The van der Waals surface area contributed by atoms with Crippen molar-refractivity contribution in [2.45, 2.75) is 34.6 Å². The van der Waals surface area contributed by atoms with Crippen LogP contribution in [0.4, 0.5) is 14.5 Å². The van der Waals surface area contributed by atoms with E-state index in [0.717, 1.165) is 4.90 Å². The van der Waals surface area contributed by atoms with Crippen LogP contribution in [0, 0.1) is 0 Å². The van der Waals surface area contributed by atoms with Crippen LogP contribution < -0.4 is 5.32 Å². The zero-order valence-corrected chi connectivity index (χ0v) is 14.4. The molecule has 0 bridgehead atoms. The van der Waals surface area contributed by atoms with Crippen molar-refractivity contribution < 1.29 is 13.6 Å². The van der Waals surface area contributed by atoms with E-state index in [-0.39, 0.29) is 5.91 Å². The van der Waals surface area contributed by atoms with Gasteiger partial charge in [-0.1, -0.05) is 37.7 Å². The highest BCUT2D eigenvalue weighted by atomic mass is 32.2. The summed E-state index contributed by atoms with van der Waals surface area (Å²) in [6.07, 6.45) is 0. The standard InChI is InChI=1S/C17H17F2NOS2/c1-11(2)22-15-6-4-3-5-14(15)16(21)20-12-7-9-13(10-8-12)23-17(18)19/h3-11,17H,1-2H3,(H,20,21). The Morgan fingerprint density at radius 2 is 1.65 bits per heavy atom. The minimum atomic E-state index is -2.45. The van der Waals surface area contributed by atoms with Crippen molar-refractivity contribution >= 4 is 35.1 Å². The molecule has 0 spiro atoms. The predicted octanol–water partition coefficient (Wildman–Crippen LogP) is 5.75. The maximum Gasteiger partial charge on any atom is 0.288 e. The fraction of sp³-hybridized carbons (Fsp3) is 0.235. The minimum Gasteiger partial charge on any atom is -0.322 e. The van der Waals surface area contributed by atoms with Gasteiger partial charge < -0.3 is 5.32 Å². The minimum absolute atomic E-state index is 0.206. The fourth-order valence-corrected chi connectivity index (χ4v) is 3.38. The van der Waals surface area contributed by atoms with E-state index in [4.69, 9.17) is 0 Å². The highest BCUT2D eigenvalue weighted by Crippen LogP contribution is 2.28. The van der Waals surface area contributed by atoms with Crippen molar-refractivity contribution in [2.24, 2.45) is 0 Å².